The standard InChI is InChI=1S/C11H11F3O3/c1-3-7-4-5-8(10(15)16-2)6-9(7)17-11(12,13)14/h4-6H,3H2,1-2H3. The zero-order valence-electron chi connectivity index (χ0n) is 9.30. The third kappa shape index (κ3) is 3.65. The van der Waals surface area contributed by atoms with Gasteiger partial charge in [0.15, 0.2) is 0 Å². The van der Waals surface area contributed by atoms with E-state index in [2.05, 4.69) is 9.47 Å². The average molecular weight is 248 g/mol. The molecule has 1 aromatic carbocycles. The second-order valence-corrected chi connectivity index (χ2v) is 3.22. The number of carbonyl (C=O) groups is 1. The molecular formula is C11H11F3O3. The van der Waals surface area contributed by atoms with Crippen molar-refractivity contribution in [2.24, 2.45) is 0 Å². The summed E-state index contributed by atoms with van der Waals surface area (Å²) in [6, 6.07) is 3.83. The first-order valence-corrected chi connectivity index (χ1v) is 4.84. The van der Waals surface area contributed by atoms with Gasteiger partial charge in [-0.05, 0) is 24.1 Å². The van der Waals surface area contributed by atoms with Crippen molar-refractivity contribution in [2.45, 2.75) is 19.7 Å². The molecule has 0 aromatic heterocycles. The molecule has 0 aliphatic heterocycles. The van der Waals surface area contributed by atoms with Crippen LogP contribution in [0.1, 0.15) is 22.8 Å². The molecule has 1 rings (SSSR count). The number of hydrogen-bond acceptors (Lipinski definition) is 3. The number of ether oxygens (including phenoxy) is 2. The minimum Gasteiger partial charge on any atom is -0.465 e. The average Bonchev–Trinajstić information content (AvgIpc) is 2.25. The van der Waals surface area contributed by atoms with E-state index in [1.54, 1.807) is 6.92 Å². The van der Waals surface area contributed by atoms with Crippen molar-refractivity contribution in [1.82, 2.24) is 0 Å². The van der Waals surface area contributed by atoms with E-state index in [9.17, 15) is 18.0 Å². The maximum Gasteiger partial charge on any atom is 0.573 e. The molecule has 0 saturated carbocycles. The summed E-state index contributed by atoms with van der Waals surface area (Å²) in [5, 5.41) is 0. The maximum absolute atomic E-state index is 12.1. The van der Waals surface area contributed by atoms with E-state index in [0.29, 0.717) is 12.0 Å². The van der Waals surface area contributed by atoms with Crippen LogP contribution in [-0.4, -0.2) is 19.4 Å². The fourth-order valence-electron chi connectivity index (χ4n) is 1.31. The SMILES string of the molecule is CCc1ccc(C(=O)OC)cc1OC(F)(F)F. The second-order valence-electron chi connectivity index (χ2n) is 3.22. The number of halogens is 3. The summed E-state index contributed by atoms with van der Waals surface area (Å²) in [5.74, 6) is -1.08. The van der Waals surface area contributed by atoms with Gasteiger partial charge in [-0.15, -0.1) is 13.2 Å². The zero-order chi connectivity index (χ0) is 13.1. The Kier molecular flexibility index (Phi) is 3.98. The summed E-state index contributed by atoms with van der Waals surface area (Å²) in [6.45, 7) is 1.69. The summed E-state index contributed by atoms with van der Waals surface area (Å²) in [7, 11) is 1.15. The van der Waals surface area contributed by atoms with Gasteiger partial charge in [0.25, 0.3) is 0 Å². The van der Waals surface area contributed by atoms with Crippen molar-refractivity contribution in [2.75, 3.05) is 7.11 Å². The van der Waals surface area contributed by atoms with Gasteiger partial charge in [0.05, 0.1) is 12.7 Å². The number of benzene rings is 1. The number of methoxy groups -OCH3 is 1. The Bertz CT molecular complexity index is 413. The van der Waals surface area contributed by atoms with Crippen LogP contribution in [0.4, 0.5) is 13.2 Å². The van der Waals surface area contributed by atoms with E-state index in [-0.39, 0.29) is 11.3 Å². The molecule has 0 saturated heterocycles. The molecule has 0 aliphatic rings. The van der Waals surface area contributed by atoms with Crippen molar-refractivity contribution in [1.29, 1.82) is 0 Å². The Hall–Kier alpha value is -1.72. The van der Waals surface area contributed by atoms with Crippen LogP contribution in [0.3, 0.4) is 0 Å². The molecule has 0 fully saturated rings. The Labute approximate surface area is 96.1 Å². The first kappa shape index (κ1) is 13.3. The fourth-order valence-corrected chi connectivity index (χ4v) is 1.31. The van der Waals surface area contributed by atoms with Crippen molar-refractivity contribution in [3.63, 3.8) is 0 Å². The molecule has 0 amide bonds. The van der Waals surface area contributed by atoms with Gasteiger partial charge in [-0.3, -0.25) is 0 Å². The summed E-state index contributed by atoms with van der Waals surface area (Å²) in [6.07, 6.45) is -4.41. The van der Waals surface area contributed by atoms with E-state index in [1.807, 2.05) is 0 Å². The minimum atomic E-state index is -4.78. The Balaban J connectivity index is 3.11. The first-order valence-electron chi connectivity index (χ1n) is 4.84. The Morgan fingerprint density at radius 3 is 2.47 bits per heavy atom. The lowest BCUT2D eigenvalue weighted by molar-refractivity contribution is -0.274. The van der Waals surface area contributed by atoms with Crippen molar-refractivity contribution in [3.05, 3.63) is 29.3 Å². The third-order valence-electron chi connectivity index (χ3n) is 2.09. The largest absolute Gasteiger partial charge is 0.573 e. The minimum absolute atomic E-state index is 0.0175. The van der Waals surface area contributed by atoms with Gasteiger partial charge in [-0.25, -0.2) is 4.79 Å². The molecule has 0 bridgehead atoms. The highest BCUT2D eigenvalue weighted by molar-refractivity contribution is 5.89. The lowest BCUT2D eigenvalue weighted by Gasteiger charge is -2.13. The van der Waals surface area contributed by atoms with E-state index >= 15 is 0 Å². The van der Waals surface area contributed by atoms with Gasteiger partial charge in [0.2, 0.25) is 0 Å². The fraction of sp³-hybridized carbons (Fsp3) is 0.364. The highest BCUT2D eigenvalue weighted by Crippen LogP contribution is 2.28. The van der Waals surface area contributed by atoms with E-state index < -0.39 is 12.3 Å². The molecule has 0 heterocycles. The summed E-state index contributed by atoms with van der Waals surface area (Å²) in [4.78, 5) is 11.2. The number of hydrogen-bond donors (Lipinski definition) is 0. The molecule has 0 radical (unpaired) electrons. The Morgan fingerprint density at radius 2 is 2.00 bits per heavy atom. The van der Waals surface area contributed by atoms with Gasteiger partial charge in [0.1, 0.15) is 5.75 Å². The van der Waals surface area contributed by atoms with Crippen LogP contribution in [0.2, 0.25) is 0 Å². The lowest BCUT2D eigenvalue weighted by atomic mass is 10.1. The monoisotopic (exact) mass is 248 g/mol. The molecule has 0 atom stereocenters. The van der Waals surface area contributed by atoms with Crippen molar-refractivity contribution in [3.8, 4) is 5.75 Å². The predicted octanol–water partition coefficient (Wildman–Crippen LogP) is 2.93. The summed E-state index contributed by atoms with van der Waals surface area (Å²) < 4.78 is 44.7. The van der Waals surface area contributed by atoms with E-state index in [4.69, 9.17) is 0 Å². The number of esters is 1. The number of rotatable bonds is 3. The Morgan fingerprint density at radius 1 is 1.35 bits per heavy atom. The molecule has 0 N–H and O–H groups in total. The molecule has 94 valence electrons. The molecule has 3 nitrogen and oxygen atoms in total. The molecule has 17 heavy (non-hydrogen) atoms. The highest BCUT2D eigenvalue weighted by Gasteiger charge is 2.32. The van der Waals surface area contributed by atoms with E-state index in [1.165, 1.54) is 12.1 Å². The van der Waals surface area contributed by atoms with Gasteiger partial charge in [-0.2, -0.15) is 0 Å². The van der Waals surface area contributed by atoms with E-state index in [0.717, 1.165) is 13.2 Å². The zero-order valence-corrected chi connectivity index (χ0v) is 9.30. The molecule has 6 heteroatoms. The summed E-state index contributed by atoms with van der Waals surface area (Å²) in [5.41, 5.74) is 0.388. The smallest absolute Gasteiger partial charge is 0.465 e. The predicted molar refractivity (Wildman–Crippen MR) is 53.8 cm³/mol. The van der Waals surface area contributed by atoms with Crippen LogP contribution >= 0.6 is 0 Å². The van der Waals surface area contributed by atoms with Gasteiger partial charge >= 0.3 is 12.3 Å². The van der Waals surface area contributed by atoms with Crippen LogP contribution in [-0.2, 0) is 11.2 Å². The third-order valence-corrected chi connectivity index (χ3v) is 2.09. The first-order chi connectivity index (χ1) is 7.87. The number of carbonyl (C=O) groups excluding carboxylic acids is 1. The van der Waals surface area contributed by atoms with Crippen molar-refractivity contribution < 1.29 is 27.4 Å². The molecule has 0 unspecified atom stereocenters. The van der Waals surface area contributed by atoms with Crippen LogP contribution in [0, 0.1) is 0 Å². The second kappa shape index (κ2) is 5.07. The molecular weight excluding hydrogens is 237 g/mol. The molecule has 1 aromatic rings. The van der Waals surface area contributed by atoms with Gasteiger partial charge in [0, 0.05) is 0 Å². The van der Waals surface area contributed by atoms with Gasteiger partial charge < -0.3 is 9.47 Å². The topological polar surface area (TPSA) is 35.5 Å². The van der Waals surface area contributed by atoms with Crippen LogP contribution in [0.5, 0.6) is 5.75 Å². The normalized spacial score (nSPS) is 11.1. The highest BCUT2D eigenvalue weighted by atomic mass is 19.4. The van der Waals surface area contributed by atoms with Gasteiger partial charge in [-0.1, -0.05) is 13.0 Å². The van der Waals surface area contributed by atoms with Crippen LogP contribution in [0.15, 0.2) is 18.2 Å². The number of alkyl halides is 3. The van der Waals surface area contributed by atoms with Crippen LogP contribution < -0.4 is 4.74 Å². The quantitative estimate of drug-likeness (QED) is 0.771. The number of aryl methyl sites for hydroxylation is 1. The van der Waals surface area contributed by atoms with Crippen molar-refractivity contribution >= 4 is 5.97 Å². The van der Waals surface area contributed by atoms with Crippen LogP contribution in [0.25, 0.3) is 0 Å². The molecule has 0 spiro atoms. The molecule has 0 aliphatic carbocycles. The lowest BCUT2D eigenvalue weighted by Crippen LogP contribution is -2.18. The maximum atomic E-state index is 12.1. The summed E-state index contributed by atoms with van der Waals surface area (Å²) >= 11 is 0.